The molecular weight excluding hydrogens is 272 g/mol. The van der Waals surface area contributed by atoms with Crippen LogP contribution >= 0.6 is 0 Å². The summed E-state index contributed by atoms with van der Waals surface area (Å²) in [6, 6.07) is 7.06. The second kappa shape index (κ2) is 7.03. The molecule has 1 N–H and O–H groups in total. The summed E-state index contributed by atoms with van der Waals surface area (Å²) < 4.78 is 37.8. The molecule has 0 unspecified atom stereocenters. The van der Waals surface area contributed by atoms with E-state index in [2.05, 4.69) is 4.18 Å². The van der Waals surface area contributed by atoms with Crippen LogP contribution in [0.4, 0.5) is 0 Å². The van der Waals surface area contributed by atoms with Crippen molar-refractivity contribution in [1.29, 1.82) is 0 Å². The van der Waals surface area contributed by atoms with Crippen LogP contribution in [-0.4, -0.2) is 32.5 Å². The van der Waals surface area contributed by atoms with Gasteiger partial charge < -0.3 is 4.74 Å². The highest BCUT2D eigenvalue weighted by molar-refractivity contribution is 7.80. The highest BCUT2D eigenvalue weighted by Crippen LogP contribution is 2.12. The first-order valence-corrected chi connectivity index (χ1v) is 6.74. The van der Waals surface area contributed by atoms with Gasteiger partial charge in [0.1, 0.15) is 5.75 Å². The molecule has 7 heteroatoms. The van der Waals surface area contributed by atoms with Crippen LogP contribution in [0.2, 0.25) is 0 Å². The van der Waals surface area contributed by atoms with Crippen molar-refractivity contribution in [2.45, 2.75) is 6.42 Å². The van der Waals surface area contributed by atoms with Crippen molar-refractivity contribution in [1.82, 2.24) is 0 Å². The summed E-state index contributed by atoms with van der Waals surface area (Å²) in [5, 5.41) is 0. The van der Waals surface area contributed by atoms with Crippen molar-refractivity contribution in [2.75, 3.05) is 13.7 Å². The van der Waals surface area contributed by atoms with Gasteiger partial charge in [-0.15, -0.1) is 0 Å². The first-order valence-electron chi connectivity index (χ1n) is 5.37. The number of ketones is 1. The lowest BCUT2D eigenvalue weighted by atomic mass is 10.1. The summed E-state index contributed by atoms with van der Waals surface area (Å²) in [7, 11) is -2.93. The van der Waals surface area contributed by atoms with E-state index in [9.17, 15) is 13.2 Å². The van der Waals surface area contributed by atoms with Gasteiger partial charge in [-0.05, 0) is 23.8 Å². The maximum atomic E-state index is 11.4. The predicted molar refractivity (Wildman–Crippen MR) is 69.2 cm³/mol. The summed E-state index contributed by atoms with van der Waals surface area (Å²) in [5.74, 6) is 0.407. The standard InChI is InChI=1S/C12H14O6S/c1-17-12-6-3-10(4-7-12)2-5-11(13)8-9-18-19(14,15)16/h2-7H,8-9H2,1H3,(H,14,15,16)/b5-2+. The summed E-state index contributed by atoms with van der Waals surface area (Å²) in [6.07, 6.45) is 2.77. The van der Waals surface area contributed by atoms with Crippen molar-refractivity contribution in [2.24, 2.45) is 0 Å². The summed E-state index contributed by atoms with van der Waals surface area (Å²) >= 11 is 0. The average Bonchev–Trinajstić information content (AvgIpc) is 2.35. The molecule has 0 aliphatic heterocycles. The van der Waals surface area contributed by atoms with Gasteiger partial charge in [-0.25, -0.2) is 4.18 Å². The molecule has 0 saturated carbocycles. The number of allylic oxidation sites excluding steroid dienone is 1. The van der Waals surface area contributed by atoms with Crippen LogP contribution in [0.25, 0.3) is 6.08 Å². The maximum Gasteiger partial charge on any atom is 0.397 e. The summed E-state index contributed by atoms with van der Waals surface area (Å²) in [6.45, 7) is -0.384. The van der Waals surface area contributed by atoms with Gasteiger partial charge in [0.2, 0.25) is 0 Å². The van der Waals surface area contributed by atoms with E-state index < -0.39 is 10.4 Å². The fourth-order valence-electron chi connectivity index (χ4n) is 1.24. The zero-order valence-electron chi connectivity index (χ0n) is 10.3. The van der Waals surface area contributed by atoms with Crippen molar-refractivity contribution in [3.05, 3.63) is 35.9 Å². The molecule has 6 nitrogen and oxygen atoms in total. The Balaban J connectivity index is 2.44. The monoisotopic (exact) mass is 286 g/mol. The normalized spacial score (nSPS) is 11.7. The van der Waals surface area contributed by atoms with Crippen molar-refractivity contribution >= 4 is 22.3 Å². The highest BCUT2D eigenvalue weighted by Gasteiger charge is 2.05. The van der Waals surface area contributed by atoms with Crippen molar-refractivity contribution in [3.63, 3.8) is 0 Å². The maximum absolute atomic E-state index is 11.4. The van der Waals surface area contributed by atoms with Gasteiger partial charge in [-0.2, -0.15) is 8.42 Å². The van der Waals surface area contributed by atoms with E-state index in [1.54, 1.807) is 37.5 Å². The number of hydrogen-bond acceptors (Lipinski definition) is 5. The molecule has 0 amide bonds. The molecule has 0 heterocycles. The lowest BCUT2D eigenvalue weighted by Gasteiger charge is -1.99. The van der Waals surface area contributed by atoms with Crippen LogP contribution in [0.3, 0.4) is 0 Å². The molecule has 0 spiro atoms. The number of hydrogen-bond donors (Lipinski definition) is 1. The van der Waals surface area contributed by atoms with Crippen LogP contribution in [0.1, 0.15) is 12.0 Å². The van der Waals surface area contributed by atoms with Gasteiger partial charge in [0.05, 0.1) is 13.7 Å². The molecule has 1 aromatic carbocycles. The van der Waals surface area contributed by atoms with Gasteiger partial charge in [0.15, 0.2) is 5.78 Å². The van der Waals surface area contributed by atoms with Gasteiger partial charge in [0, 0.05) is 6.42 Å². The van der Waals surface area contributed by atoms with Crippen LogP contribution in [0.15, 0.2) is 30.3 Å². The van der Waals surface area contributed by atoms with E-state index in [0.717, 1.165) is 5.56 Å². The van der Waals surface area contributed by atoms with Gasteiger partial charge >= 0.3 is 10.4 Å². The minimum atomic E-state index is -4.48. The number of rotatable bonds is 7. The second-order valence-corrected chi connectivity index (χ2v) is 4.66. The molecule has 0 fully saturated rings. The van der Waals surface area contributed by atoms with Gasteiger partial charge in [0.25, 0.3) is 0 Å². The minimum absolute atomic E-state index is 0.132. The lowest BCUT2D eigenvalue weighted by molar-refractivity contribution is -0.115. The van der Waals surface area contributed by atoms with Crippen LogP contribution in [0.5, 0.6) is 5.75 Å². The van der Waals surface area contributed by atoms with Gasteiger partial charge in [-0.3, -0.25) is 9.35 Å². The van der Waals surface area contributed by atoms with Crippen molar-refractivity contribution < 1.29 is 26.7 Å². The Morgan fingerprint density at radius 1 is 1.32 bits per heavy atom. The SMILES string of the molecule is COc1ccc(/C=C/C(=O)CCOS(=O)(=O)O)cc1. The third-order valence-corrected chi connectivity index (χ3v) is 2.62. The quantitative estimate of drug-likeness (QED) is 0.603. The third-order valence-electron chi connectivity index (χ3n) is 2.16. The Morgan fingerprint density at radius 3 is 2.47 bits per heavy atom. The smallest absolute Gasteiger partial charge is 0.397 e. The molecule has 0 aliphatic carbocycles. The molecular formula is C12H14O6S. The molecule has 0 atom stereocenters. The zero-order chi connectivity index (χ0) is 14.3. The average molecular weight is 286 g/mol. The van der Waals surface area contributed by atoms with E-state index in [0.29, 0.717) is 5.75 Å². The second-order valence-electron chi connectivity index (χ2n) is 3.57. The molecule has 1 aromatic rings. The topological polar surface area (TPSA) is 89.9 Å². The fourth-order valence-corrected chi connectivity index (χ4v) is 1.53. The first kappa shape index (κ1) is 15.4. The molecule has 19 heavy (non-hydrogen) atoms. The number of carbonyl (C=O) groups excluding carboxylic acids is 1. The van der Waals surface area contributed by atoms with Crippen molar-refractivity contribution in [3.8, 4) is 5.75 Å². The van der Waals surface area contributed by atoms with E-state index >= 15 is 0 Å². The Labute approximate surface area is 111 Å². The van der Waals surface area contributed by atoms with E-state index in [-0.39, 0.29) is 18.8 Å². The number of ether oxygens (including phenoxy) is 1. The molecule has 104 valence electrons. The largest absolute Gasteiger partial charge is 0.497 e. The lowest BCUT2D eigenvalue weighted by Crippen LogP contribution is -2.07. The molecule has 0 aliphatic rings. The zero-order valence-corrected chi connectivity index (χ0v) is 11.1. The Morgan fingerprint density at radius 2 is 1.95 bits per heavy atom. The van der Waals surface area contributed by atoms with E-state index in [4.69, 9.17) is 9.29 Å². The molecule has 1 rings (SSSR count). The summed E-state index contributed by atoms with van der Waals surface area (Å²) in [5.41, 5.74) is 0.810. The van der Waals surface area contributed by atoms with E-state index in [1.165, 1.54) is 6.08 Å². The predicted octanol–water partition coefficient (Wildman–Crippen LogP) is 1.49. The first-order chi connectivity index (χ1) is 8.90. The Kier molecular flexibility index (Phi) is 5.68. The number of benzene rings is 1. The number of methoxy groups -OCH3 is 1. The Bertz CT molecular complexity index is 544. The van der Waals surface area contributed by atoms with Crippen LogP contribution in [-0.2, 0) is 19.4 Å². The molecule has 0 bridgehead atoms. The fraction of sp³-hybridized carbons (Fsp3) is 0.250. The molecule has 0 aromatic heterocycles. The Hall–Kier alpha value is -1.70. The van der Waals surface area contributed by atoms with E-state index in [1.807, 2.05) is 0 Å². The number of carbonyl (C=O) groups is 1. The van der Waals surface area contributed by atoms with Crippen LogP contribution < -0.4 is 4.74 Å². The summed E-state index contributed by atoms with van der Waals surface area (Å²) in [4.78, 5) is 11.4. The molecule has 0 radical (unpaired) electrons. The van der Waals surface area contributed by atoms with Crippen LogP contribution in [0, 0.1) is 0 Å². The highest BCUT2D eigenvalue weighted by atomic mass is 32.3. The van der Waals surface area contributed by atoms with Gasteiger partial charge in [-0.1, -0.05) is 18.2 Å². The minimum Gasteiger partial charge on any atom is -0.497 e. The molecule has 0 saturated heterocycles. The third kappa shape index (κ3) is 6.70.